The molecule has 0 spiro atoms. The SMILES string of the molecule is CON=Cc1cnn2c(NCc3cccnc3)cc(-c3ccccc3)nc12. The molecule has 3 aromatic heterocycles. The third-order valence-electron chi connectivity index (χ3n) is 4.06. The Morgan fingerprint density at radius 2 is 2.04 bits per heavy atom. The van der Waals surface area contributed by atoms with Crippen LogP contribution in [-0.2, 0) is 11.4 Å². The van der Waals surface area contributed by atoms with E-state index in [1.54, 1.807) is 23.1 Å². The Balaban J connectivity index is 1.78. The maximum Gasteiger partial charge on any atom is 0.166 e. The van der Waals surface area contributed by atoms with Crippen LogP contribution in [0.3, 0.4) is 0 Å². The van der Waals surface area contributed by atoms with Crippen LogP contribution in [-0.4, -0.2) is 32.9 Å². The average Bonchev–Trinajstić information content (AvgIpc) is 3.15. The predicted octanol–water partition coefficient (Wildman–Crippen LogP) is 3.38. The number of nitrogens with one attached hydrogen (secondary N) is 1. The van der Waals surface area contributed by atoms with Gasteiger partial charge in [0.1, 0.15) is 12.9 Å². The van der Waals surface area contributed by atoms with Crippen molar-refractivity contribution in [2.45, 2.75) is 6.54 Å². The number of hydrogen-bond acceptors (Lipinski definition) is 6. The van der Waals surface area contributed by atoms with Gasteiger partial charge in [-0.3, -0.25) is 4.98 Å². The summed E-state index contributed by atoms with van der Waals surface area (Å²) >= 11 is 0. The quantitative estimate of drug-likeness (QED) is 0.422. The zero-order chi connectivity index (χ0) is 18.5. The van der Waals surface area contributed by atoms with Gasteiger partial charge in [-0.15, -0.1) is 0 Å². The second kappa shape index (κ2) is 7.65. The summed E-state index contributed by atoms with van der Waals surface area (Å²) < 4.78 is 1.76. The molecule has 27 heavy (non-hydrogen) atoms. The number of nitrogens with zero attached hydrogens (tertiary/aromatic N) is 5. The van der Waals surface area contributed by atoms with Crippen LogP contribution in [0.25, 0.3) is 16.9 Å². The number of hydrogen-bond donors (Lipinski definition) is 1. The van der Waals surface area contributed by atoms with Crippen LogP contribution in [0.4, 0.5) is 5.82 Å². The van der Waals surface area contributed by atoms with Gasteiger partial charge in [0.15, 0.2) is 5.65 Å². The summed E-state index contributed by atoms with van der Waals surface area (Å²) in [6.07, 6.45) is 6.92. The molecule has 7 nitrogen and oxygen atoms in total. The standard InChI is InChI=1S/C20H18N6O/c1-27-24-14-17-13-23-26-19(22-12-15-6-5-9-21-11-15)10-18(25-20(17)26)16-7-3-2-4-8-16/h2-11,13-14,22H,12H2,1H3. The molecule has 1 N–H and O–H groups in total. The fraction of sp³-hybridized carbons (Fsp3) is 0.100. The molecule has 0 aliphatic carbocycles. The molecule has 0 fully saturated rings. The molecule has 0 atom stereocenters. The van der Waals surface area contributed by atoms with Crippen molar-refractivity contribution < 1.29 is 4.84 Å². The first-order valence-corrected chi connectivity index (χ1v) is 8.48. The number of anilines is 1. The van der Waals surface area contributed by atoms with Gasteiger partial charge in [-0.05, 0) is 11.6 Å². The zero-order valence-corrected chi connectivity index (χ0v) is 14.8. The van der Waals surface area contributed by atoms with Crippen molar-refractivity contribution in [2.75, 3.05) is 12.4 Å². The van der Waals surface area contributed by atoms with Crippen molar-refractivity contribution in [3.63, 3.8) is 0 Å². The van der Waals surface area contributed by atoms with E-state index >= 15 is 0 Å². The van der Waals surface area contributed by atoms with Crippen molar-refractivity contribution in [2.24, 2.45) is 5.16 Å². The van der Waals surface area contributed by atoms with Crippen molar-refractivity contribution >= 4 is 17.7 Å². The Hall–Kier alpha value is -3.74. The first-order valence-electron chi connectivity index (χ1n) is 8.48. The minimum absolute atomic E-state index is 0.628. The molecule has 0 amide bonds. The summed E-state index contributed by atoms with van der Waals surface area (Å²) in [5.74, 6) is 0.833. The molecule has 1 aromatic carbocycles. The van der Waals surface area contributed by atoms with Crippen LogP contribution in [0.1, 0.15) is 11.1 Å². The minimum atomic E-state index is 0.628. The van der Waals surface area contributed by atoms with E-state index in [9.17, 15) is 0 Å². The zero-order valence-electron chi connectivity index (χ0n) is 14.8. The lowest BCUT2D eigenvalue weighted by atomic mass is 10.1. The number of pyridine rings is 1. The molecule has 0 aliphatic heterocycles. The summed E-state index contributed by atoms with van der Waals surface area (Å²) in [4.78, 5) is 13.7. The second-order valence-electron chi connectivity index (χ2n) is 5.86. The molecule has 0 unspecified atom stereocenters. The fourth-order valence-corrected chi connectivity index (χ4v) is 2.76. The fourth-order valence-electron chi connectivity index (χ4n) is 2.76. The molecular weight excluding hydrogens is 340 g/mol. The Morgan fingerprint density at radius 1 is 1.15 bits per heavy atom. The van der Waals surface area contributed by atoms with Crippen LogP contribution >= 0.6 is 0 Å². The first kappa shape index (κ1) is 16.7. The average molecular weight is 358 g/mol. The third-order valence-corrected chi connectivity index (χ3v) is 4.06. The van der Waals surface area contributed by atoms with Gasteiger partial charge in [0.25, 0.3) is 0 Å². The lowest BCUT2D eigenvalue weighted by Gasteiger charge is -2.11. The van der Waals surface area contributed by atoms with E-state index in [2.05, 4.69) is 20.6 Å². The normalized spacial score (nSPS) is 11.1. The van der Waals surface area contributed by atoms with Crippen LogP contribution in [0.15, 0.2) is 72.3 Å². The molecule has 3 heterocycles. The van der Waals surface area contributed by atoms with E-state index in [4.69, 9.17) is 9.82 Å². The number of benzene rings is 1. The predicted molar refractivity (Wildman–Crippen MR) is 105 cm³/mol. The van der Waals surface area contributed by atoms with Gasteiger partial charge in [0, 0.05) is 30.6 Å². The monoisotopic (exact) mass is 358 g/mol. The van der Waals surface area contributed by atoms with Crippen LogP contribution < -0.4 is 5.32 Å². The van der Waals surface area contributed by atoms with Gasteiger partial charge in [0.05, 0.1) is 23.7 Å². The minimum Gasteiger partial charge on any atom is -0.399 e. The molecule has 0 aliphatic rings. The van der Waals surface area contributed by atoms with Gasteiger partial charge in [-0.25, -0.2) is 4.98 Å². The largest absolute Gasteiger partial charge is 0.399 e. The van der Waals surface area contributed by atoms with Gasteiger partial charge >= 0.3 is 0 Å². The number of fused-ring (bicyclic) bond motifs is 1. The van der Waals surface area contributed by atoms with E-state index in [-0.39, 0.29) is 0 Å². The van der Waals surface area contributed by atoms with Gasteiger partial charge in [0.2, 0.25) is 0 Å². The summed E-state index contributed by atoms with van der Waals surface area (Å²) in [5.41, 5.74) is 4.44. The molecule has 4 rings (SSSR count). The summed E-state index contributed by atoms with van der Waals surface area (Å²) in [6, 6.07) is 16.0. The number of oxime groups is 1. The molecule has 134 valence electrons. The van der Waals surface area contributed by atoms with Gasteiger partial charge in [-0.2, -0.15) is 9.61 Å². The molecule has 4 aromatic rings. The molecule has 0 bridgehead atoms. The van der Waals surface area contributed by atoms with Gasteiger partial charge in [-0.1, -0.05) is 41.6 Å². The highest BCUT2D eigenvalue weighted by Gasteiger charge is 2.12. The Labute approximate surface area is 156 Å². The van der Waals surface area contributed by atoms with Crippen molar-refractivity contribution in [3.8, 4) is 11.3 Å². The van der Waals surface area contributed by atoms with E-state index in [0.29, 0.717) is 12.2 Å². The van der Waals surface area contributed by atoms with E-state index in [1.807, 2.05) is 54.7 Å². The van der Waals surface area contributed by atoms with Crippen LogP contribution in [0.2, 0.25) is 0 Å². The lowest BCUT2D eigenvalue weighted by Crippen LogP contribution is -2.07. The summed E-state index contributed by atoms with van der Waals surface area (Å²) in [6.45, 7) is 0.628. The molecule has 7 heteroatoms. The maximum atomic E-state index is 4.80. The van der Waals surface area contributed by atoms with Crippen molar-refractivity contribution in [1.82, 2.24) is 19.6 Å². The Bertz CT molecular complexity index is 1060. The van der Waals surface area contributed by atoms with E-state index in [1.165, 1.54) is 7.11 Å². The maximum absolute atomic E-state index is 4.80. The Morgan fingerprint density at radius 3 is 2.81 bits per heavy atom. The lowest BCUT2D eigenvalue weighted by molar-refractivity contribution is 0.215. The topological polar surface area (TPSA) is 76.7 Å². The van der Waals surface area contributed by atoms with Crippen LogP contribution in [0, 0.1) is 0 Å². The highest BCUT2D eigenvalue weighted by atomic mass is 16.6. The first-order chi connectivity index (χ1) is 13.3. The smallest absolute Gasteiger partial charge is 0.166 e. The number of aromatic nitrogens is 4. The molecule has 0 saturated heterocycles. The van der Waals surface area contributed by atoms with Crippen LogP contribution in [0.5, 0.6) is 0 Å². The Kier molecular flexibility index (Phi) is 4.74. The van der Waals surface area contributed by atoms with Crippen molar-refractivity contribution in [3.05, 3.63) is 78.2 Å². The number of rotatable bonds is 6. The molecule has 0 saturated carbocycles. The molecule has 0 radical (unpaired) electrons. The highest BCUT2D eigenvalue weighted by Crippen LogP contribution is 2.23. The molecular formula is C20H18N6O. The summed E-state index contributed by atoms with van der Waals surface area (Å²) in [5, 5.41) is 11.7. The second-order valence-corrected chi connectivity index (χ2v) is 5.86. The van der Waals surface area contributed by atoms with E-state index < -0.39 is 0 Å². The third kappa shape index (κ3) is 3.62. The van der Waals surface area contributed by atoms with Crippen molar-refractivity contribution in [1.29, 1.82) is 0 Å². The van der Waals surface area contributed by atoms with E-state index in [0.717, 1.165) is 28.2 Å². The van der Waals surface area contributed by atoms with Gasteiger partial charge < -0.3 is 10.2 Å². The highest BCUT2D eigenvalue weighted by molar-refractivity contribution is 5.88. The summed E-state index contributed by atoms with van der Waals surface area (Å²) in [7, 11) is 1.51.